The van der Waals surface area contributed by atoms with Crippen LogP contribution in [-0.4, -0.2) is 27.5 Å². The van der Waals surface area contributed by atoms with Crippen molar-refractivity contribution < 1.29 is 17.9 Å². The Morgan fingerprint density at radius 1 is 0.900 bits per heavy atom. The van der Waals surface area contributed by atoms with E-state index in [0.29, 0.717) is 16.3 Å². The second-order valence-corrected chi connectivity index (χ2v) is 8.64. The molecule has 9 heteroatoms. The largest absolute Gasteiger partial charge is 0.490 e. The number of rotatable bonds is 8. The van der Waals surface area contributed by atoms with Gasteiger partial charge in [-0.2, -0.15) is 0 Å². The van der Waals surface area contributed by atoms with E-state index in [-0.39, 0.29) is 34.7 Å². The molecule has 0 aromatic heterocycles. The van der Waals surface area contributed by atoms with Crippen molar-refractivity contribution in [3.8, 4) is 5.75 Å². The maximum Gasteiger partial charge on any atom is 0.261 e. The zero-order valence-corrected chi connectivity index (χ0v) is 18.0. The summed E-state index contributed by atoms with van der Waals surface area (Å²) in [5, 5.41) is 3.30. The van der Waals surface area contributed by atoms with Crippen LogP contribution in [0.1, 0.15) is 10.4 Å². The van der Waals surface area contributed by atoms with Crippen molar-refractivity contribution in [2.24, 2.45) is 0 Å². The Bertz CT molecular complexity index is 1140. The van der Waals surface area contributed by atoms with E-state index in [1.54, 1.807) is 42.5 Å². The number of hydrogen-bond donors (Lipinski definition) is 2. The van der Waals surface area contributed by atoms with E-state index in [9.17, 15) is 13.2 Å². The van der Waals surface area contributed by atoms with Crippen molar-refractivity contribution in [1.29, 1.82) is 0 Å². The third-order valence-corrected chi connectivity index (χ3v) is 6.02. The van der Waals surface area contributed by atoms with Crippen LogP contribution in [0.3, 0.4) is 0 Å². The van der Waals surface area contributed by atoms with Crippen LogP contribution >= 0.6 is 23.2 Å². The van der Waals surface area contributed by atoms with Crippen LogP contribution < -0.4 is 14.8 Å². The Kier molecular flexibility index (Phi) is 7.20. The number of carbonyl (C=O) groups excluding carboxylic acids is 1. The molecule has 1 amide bonds. The van der Waals surface area contributed by atoms with Crippen LogP contribution in [0.2, 0.25) is 10.0 Å². The lowest BCUT2D eigenvalue weighted by atomic mass is 10.2. The van der Waals surface area contributed by atoms with E-state index >= 15 is 0 Å². The van der Waals surface area contributed by atoms with Gasteiger partial charge in [-0.3, -0.25) is 9.52 Å². The van der Waals surface area contributed by atoms with Gasteiger partial charge in [0.2, 0.25) is 0 Å². The summed E-state index contributed by atoms with van der Waals surface area (Å²) in [5.74, 6) is 0.170. The Labute approximate surface area is 184 Å². The molecular weight excluding hydrogens is 447 g/mol. The maximum atomic E-state index is 12.4. The minimum atomic E-state index is -3.78. The third-order valence-electron chi connectivity index (χ3n) is 4.01. The second kappa shape index (κ2) is 9.84. The highest BCUT2D eigenvalue weighted by atomic mass is 35.5. The Morgan fingerprint density at radius 2 is 1.60 bits per heavy atom. The van der Waals surface area contributed by atoms with E-state index in [4.69, 9.17) is 27.9 Å². The summed E-state index contributed by atoms with van der Waals surface area (Å²) in [7, 11) is -3.78. The first-order valence-electron chi connectivity index (χ1n) is 8.90. The normalized spacial score (nSPS) is 11.0. The summed E-state index contributed by atoms with van der Waals surface area (Å²) in [6.45, 7) is 0.488. The smallest absolute Gasteiger partial charge is 0.261 e. The van der Waals surface area contributed by atoms with Gasteiger partial charge in [-0.1, -0.05) is 53.5 Å². The third kappa shape index (κ3) is 5.66. The van der Waals surface area contributed by atoms with E-state index in [1.165, 1.54) is 30.3 Å². The van der Waals surface area contributed by atoms with Gasteiger partial charge in [0.1, 0.15) is 12.4 Å². The van der Waals surface area contributed by atoms with Gasteiger partial charge in [0, 0.05) is 5.56 Å². The van der Waals surface area contributed by atoms with Crippen LogP contribution in [0.4, 0.5) is 5.69 Å². The van der Waals surface area contributed by atoms with Gasteiger partial charge in [0.05, 0.1) is 27.2 Å². The first-order chi connectivity index (χ1) is 14.4. The zero-order valence-electron chi connectivity index (χ0n) is 15.6. The van der Waals surface area contributed by atoms with E-state index in [2.05, 4.69) is 10.0 Å². The average molecular weight is 465 g/mol. The van der Waals surface area contributed by atoms with Crippen LogP contribution in [0.15, 0.2) is 77.7 Å². The molecule has 0 saturated heterocycles. The first kappa shape index (κ1) is 22.0. The van der Waals surface area contributed by atoms with Crippen molar-refractivity contribution >= 4 is 44.8 Å². The quantitative estimate of drug-likeness (QED) is 0.476. The first-order valence-corrected chi connectivity index (χ1v) is 11.1. The number of nitrogens with one attached hydrogen (secondary N) is 2. The average Bonchev–Trinajstić information content (AvgIpc) is 2.74. The van der Waals surface area contributed by atoms with Gasteiger partial charge in [-0.05, 0) is 42.5 Å². The fraction of sp³-hybridized carbons (Fsp3) is 0.0952. The monoisotopic (exact) mass is 464 g/mol. The molecule has 0 fully saturated rings. The lowest BCUT2D eigenvalue weighted by Crippen LogP contribution is -2.28. The van der Waals surface area contributed by atoms with Gasteiger partial charge < -0.3 is 10.1 Å². The molecule has 0 aliphatic heterocycles. The Morgan fingerprint density at radius 3 is 2.30 bits per heavy atom. The number of benzene rings is 3. The molecule has 0 saturated carbocycles. The van der Waals surface area contributed by atoms with Crippen molar-refractivity contribution in [2.45, 2.75) is 4.90 Å². The number of sulfonamides is 1. The molecule has 0 atom stereocenters. The molecule has 3 rings (SSSR count). The topological polar surface area (TPSA) is 84.5 Å². The zero-order chi connectivity index (χ0) is 21.6. The molecule has 0 spiro atoms. The number of para-hydroxylation sites is 1. The van der Waals surface area contributed by atoms with E-state index in [0.717, 1.165) is 0 Å². The number of hydrogen-bond acceptors (Lipinski definition) is 4. The SMILES string of the molecule is O=C(NCCOc1ccccc1Cl)c1ccc(NS(=O)(=O)c2ccccc2)c(Cl)c1. The van der Waals surface area contributed by atoms with Gasteiger partial charge in [-0.25, -0.2) is 8.42 Å². The number of ether oxygens (including phenoxy) is 1. The van der Waals surface area contributed by atoms with E-state index in [1.807, 2.05) is 0 Å². The molecule has 3 aromatic carbocycles. The second-order valence-electron chi connectivity index (χ2n) is 6.15. The molecule has 0 bridgehead atoms. The summed E-state index contributed by atoms with van der Waals surface area (Å²) in [5.41, 5.74) is 0.472. The summed E-state index contributed by atoms with van der Waals surface area (Å²) in [4.78, 5) is 12.4. The standard InChI is InChI=1S/C21H18Cl2N2O4S/c22-17-8-4-5-9-20(17)29-13-12-24-21(26)15-10-11-19(18(23)14-15)25-30(27,28)16-6-2-1-3-7-16/h1-11,14,25H,12-13H2,(H,24,26). The maximum absolute atomic E-state index is 12.4. The molecule has 0 radical (unpaired) electrons. The Balaban J connectivity index is 1.58. The molecular formula is C21H18Cl2N2O4S. The van der Waals surface area contributed by atoms with Crippen LogP contribution in [-0.2, 0) is 10.0 Å². The fourth-order valence-corrected chi connectivity index (χ4v) is 4.11. The summed E-state index contributed by atoms with van der Waals surface area (Å²) >= 11 is 12.2. The van der Waals surface area contributed by atoms with Crippen LogP contribution in [0, 0.1) is 0 Å². The number of carbonyl (C=O) groups is 1. The minimum absolute atomic E-state index is 0.106. The molecule has 30 heavy (non-hydrogen) atoms. The molecule has 2 N–H and O–H groups in total. The number of halogens is 2. The molecule has 3 aromatic rings. The summed E-state index contributed by atoms with van der Waals surface area (Å²) in [6, 6.07) is 19.3. The highest BCUT2D eigenvalue weighted by Gasteiger charge is 2.16. The summed E-state index contributed by atoms with van der Waals surface area (Å²) < 4.78 is 32.8. The minimum Gasteiger partial charge on any atom is -0.490 e. The van der Waals surface area contributed by atoms with Gasteiger partial charge in [0.15, 0.2) is 0 Å². The molecule has 0 aliphatic carbocycles. The number of amides is 1. The lowest BCUT2D eigenvalue weighted by Gasteiger charge is -2.12. The van der Waals surface area contributed by atoms with Crippen molar-refractivity contribution in [1.82, 2.24) is 5.32 Å². The molecule has 156 valence electrons. The van der Waals surface area contributed by atoms with Gasteiger partial charge >= 0.3 is 0 Å². The highest BCUT2D eigenvalue weighted by Crippen LogP contribution is 2.26. The van der Waals surface area contributed by atoms with Crippen LogP contribution in [0.5, 0.6) is 5.75 Å². The number of anilines is 1. The van der Waals surface area contributed by atoms with E-state index < -0.39 is 10.0 Å². The fourth-order valence-electron chi connectivity index (χ4n) is 2.53. The molecule has 6 nitrogen and oxygen atoms in total. The Hall–Kier alpha value is -2.74. The summed E-state index contributed by atoms with van der Waals surface area (Å²) in [6.07, 6.45) is 0. The van der Waals surface area contributed by atoms with Crippen molar-refractivity contribution in [3.05, 3.63) is 88.4 Å². The lowest BCUT2D eigenvalue weighted by molar-refractivity contribution is 0.0947. The van der Waals surface area contributed by atoms with Gasteiger partial charge in [-0.15, -0.1) is 0 Å². The highest BCUT2D eigenvalue weighted by molar-refractivity contribution is 7.92. The van der Waals surface area contributed by atoms with Crippen molar-refractivity contribution in [2.75, 3.05) is 17.9 Å². The molecule has 0 aliphatic rings. The van der Waals surface area contributed by atoms with Crippen LogP contribution in [0.25, 0.3) is 0 Å². The van der Waals surface area contributed by atoms with Gasteiger partial charge in [0.25, 0.3) is 15.9 Å². The predicted molar refractivity (Wildman–Crippen MR) is 118 cm³/mol. The molecule has 0 heterocycles. The predicted octanol–water partition coefficient (Wildman–Crippen LogP) is 4.60. The van der Waals surface area contributed by atoms with Crippen molar-refractivity contribution in [3.63, 3.8) is 0 Å². The molecule has 0 unspecified atom stereocenters.